The highest BCUT2D eigenvalue weighted by Crippen LogP contribution is 2.09. The fourth-order valence-electron chi connectivity index (χ4n) is 0.489. The molecule has 0 aromatic carbocycles. The number of hydrogen-bond donors (Lipinski definition) is 0. The van der Waals surface area contributed by atoms with E-state index in [1.165, 1.54) is 0 Å². The summed E-state index contributed by atoms with van der Waals surface area (Å²) in [4.78, 5) is 0. The molecule has 0 radical (unpaired) electrons. The van der Waals surface area contributed by atoms with Crippen molar-refractivity contribution >= 4 is 11.6 Å². The summed E-state index contributed by atoms with van der Waals surface area (Å²) < 4.78 is 0. The van der Waals surface area contributed by atoms with Gasteiger partial charge in [0.25, 0.3) is 0 Å². The van der Waals surface area contributed by atoms with Gasteiger partial charge in [0.2, 0.25) is 0 Å². The van der Waals surface area contributed by atoms with Crippen molar-refractivity contribution in [3.63, 3.8) is 0 Å². The SMILES string of the molecule is N#CC(C#N)=CC(Cl)=[C-]C(C#N)C#N. The van der Waals surface area contributed by atoms with E-state index >= 15 is 0 Å². The topological polar surface area (TPSA) is 95.2 Å². The number of hydrogen-bond acceptors (Lipinski definition) is 4. The van der Waals surface area contributed by atoms with Crippen molar-refractivity contribution in [2.75, 3.05) is 0 Å². The smallest absolute Gasteiger partial charge is 0.0907 e. The van der Waals surface area contributed by atoms with Gasteiger partial charge < -0.3 is 0 Å². The highest BCUT2D eigenvalue weighted by atomic mass is 35.5. The molecule has 0 aliphatic heterocycles. The monoisotopic (exact) mass is 201 g/mol. The zero-order chi connectivity index (χ0) is 11.0. The molecule has 5 heteroatoms. The second kappa shape index (κ2) is 6.27. The minimum absolute atomic E-state index is 0.101. The fourth-order valence-corrected chi connectivity index (χ4v) is 0.707. The summed E-state index contributed by atoms with van der Waals surface area (Å²) in [5.41, 5.74) is -0.211. The van der Waals surface area contributed by atoms with Crippen LogP contribution in [0.5, 0.6) is 0 Å². The van der Waals surface area contributed by atoms with E-state index in [0.29, 0.717) is 0 Å². The van der Waals surface area contributed by atoms with Gasteiger partial charge in [-0.25, -0.2) is 6.08 Å². The zero-order valence-corrected chi connectivity index (χ0v) is 7.58. The molecular formula is C9H2ClN4-. The van der Waals surface area contributed by atoms with Gasteiger partial charge in [-0.2, -0.15) is 27.1 Å². The minimum Gasteiger partial charge on any atom is -0.223 e. The molecule has 0 aromatic rings. The highest BCUT2D eigenvalue weighted by molar-refractivity contribution is 6.31. The Balaban J connectivity index is 4.87. The quantitative estimate of drug-likeness (QED) is 0.385. The van der Waals surface area contributed by atoms with Crippen molar-refractivity contribution in [2.24, 2.45) is 5.92 Å². The third-order valence-electron chi connectivity index (χ3n) is 1.05. The predicted molar refractivity (Wildman–Crippen MR) is 46.6 cm³/mol. The maximum absolute atomic E-state index is 8.37. The van der Waals surface area contributed by atoms with Crippen LogP contribution in [0.2, 0.25) is 0 Å². The molecule has 0 aliphatic carbocycles. The Morgan fingerprint density at radius 2 is 1.64 bits per heavy atom. The van der Waals surface area contributed by atoms with Crippen LogP contribution < -0.4 is 0 Å². The molecule has 0 saturated carbocycles. The predicted octanol–water partition coefficient (Wildman–Crippen LogP) is 1.55. The highest BCUT2D eigenvalue weighted by Gasteiger charge is 1.92. The van der Waals surface area contributed by atoms with Crippen LogP contribution in [0.4, 0.5) is 0 Å². The van der Waals surface area contributed by atoms with Crippen LogP contribution in [-0.2, 0) is 0 Å². The lowest BCUT2D eigenvalue weighted by molar-refractivity contribution is 1.05. The number of nitriles is 4. The van der Waals surface area contributed by atoms with Gasteiger partial charge in [0.15, 0.2) is 0 Å². The summed E-state index contributed by atoms with van der Waals surface area (Å²) in [5, 5.41) is 33.3. The number of nitrogens with zero attached hydrogens (tertiary/aromatic N) is 4. The summed E-state index contributed by atoms with van der Waals surface area (Å²) >= 11 is 5.51. The van der Waals surface area contributed by atoms with Crippen molar-refractivity contribution in [3.05, 3.63) is 22.8 Å². The van der Waals surface area contributed by atoms with Gasteiger partial charge in [0.1, 0.15) is 0 Å². The Kier molecular flexibility index (Phi) is 5.25. The first-order chi connectivity index (χ1) is 6.67. The van der Waals surface area contributed by atoms with E-state index in [1.807, 2.05) is 0 Å². The third-order valence-corrected chi connectivity index (χ3v) is 1.27. The Hall–Kier alpha value is -2.27. The van der Waals surface area contributed by atoms with Gasteiger partial charge >= 0.3 is 0 Å². The van der Waals surface area contributed by atoms with Crippen LogP contribution in [0.3, 0.4) is 0 Å². The lowest BCUT2D eigenvalue weighted by Crippen LogP contribution is -1.87. The largest absolute Gasteiger partial charge is 0.223 e. The Labute approximate surface area is 86.2 Å². The van der Waals surface area contributed by atoms with Crippen molar-refractivity contribution < 1.29 is 0 Å². The molecule has 0 bridgehead atoms. The number of halogens is 1. The summed E-state index contributed by atoms with van der Waals surface area (Å²) in [6.45, 7) is 0. The van der Waals surface area contributed by atoms with Gasteiger partial charge in [-0.15, -0.1) is 16.6 Å². The molecule has 0 aliphatic rings. The Morgan fingerprint density at radius 1 is 1.14 bits per heavy atom. The van der Waals surface area contributed by atoms with E-state index in [4.69, 9.17) is 32.6 Å². The van der Waals surface area contributed by atoms with E-state index in [0.717, 1.165) is 6.08 Å². The van der Waals surface area contributed by atoms with Crippen LogP contribution in [-0.4, -0.2) is 0 Å². The normalized spacial score (nSPS) is 9.14. The Morgan fingerprint density at radius 3 is 2.00 bits per heavy atom. The molecule has 0 amide bonds. The second-order valence-corrected chi connectivity index (χ2v) is 2.37. The molecular weight excluding hydrogens is 200 g/mol. The van der Waals surface area contributed by atoms with Crippen molar-refractivity contribution in [1.82, 2.24) is 0 Å². The molecule has 0 saturated heterocycles. The first kappa shape index (κ1) is 11.7. The Bertz CT molecular complexity index is 403. The van der Waals surface area contributed by atoms with E-state index in [-0.39, 0.29) is 10.6 Å². The number of allylic oxidation sites excluding steroid dienone is 4. The maximum Gasteiger partial charge on any atom is 0.0907 e. The van der Waals surface area contributed by atoms with Gasteiger partial charge in [-0.05, 0) is 0 Å². The van der Waals surface area contributed by atoms with Gasteiger partial charge in [-0.3, -0.25) is 0 Å². The minimum atomic E-state index is -1.10. The van der Waals surface area contributed by atoms with Gasteiger partial charge in [0.05, 0.1) is 35.8 Å². The molecule has 14 heavy (non-hydrogen) atoms. The molecule has 0 spiro atoms. The van der Waals surface area contributed by atoms with Gasteiger partial charge in [0, 0.05) is 0 Å². The van der Waals surface area contributed by atoms with Crippen LogP contribution in [0, 0.1) is 57.3 Å². The average molecular weight is 202 g/mol. The van der Waals surface area contributed by atoms with E-state index in [1.54, 1.807) is 24.3 Å². The van der Waals surface area contributed by atoms with Gasteiger partial charge in [-0.1, -0.05) is 0 Å². The molecule has 0 fully saturated rings. The van der Waals surface area contributed by atoms with Crippen molar-refractivity contribution in [2.45, 2.75) is 0 Å². The summed E-state index contributed by atoms with van der Waals surface area (Å²) in [6.07, 6.45) is 3.34. The standard InChI is InChI=1S/C9H2ClN4/c10-9(1-7(3-11)4-12)2-8(5-13)6-14/h1,8H/q-1. The summed E-state index contributed by atoms with van der Waals surface area (Å²) in [6, 6.07) is 6.40. The van der Waals surface area contributed by atoms with E-state index in [9.17, 15) is 0 Å². The van der Waals surface area contributed by atoms with Crippen molar-refractivity contribution in [1.29, 1.82) is 21.0 Å². The lowest BCUT2D eigenvalue weighted by Gasteiger charge is -2.01. The second-order valence-electron chi connectivity index (χ2n) is 1.97. The van der Waals surface area contributed by atoms with E-state index < -0.39 is 5.92 Å². The maximum atomic E-state index is 8.37. The molecule has 0 unspecified atom stereocenters. The third kappa shape index (κ3) is 3.93. The van der Waals surface area contributed by atoms with Crippen LogP contribution in [0.15, 0.2) is 16.7 Å². The van der Waals surface area contributed by atoms with Crippen LogP contribution >= 0.6 is 11.6 Å². The zero-order valence-electron chi connectivity index (χ0n) is 6.82. The molecule has 0 rings (SSSR count). The van der Waals surface area contributed by atoms with E-state index in [2.05, 4.69) is 6.08 Å². The van der Waals surface area contributed by atoms with Crippen LogP contribution in [0.1, 0.15) is 0 Å². The van der Waals surface area contributed by atoms with Crippen molar-refractivity contribution in [3.8, 4) is 24.3 Å². The molecule has 0 heterocycles. The fraction of sp³-hybridized carbons (Fsp3) is 0.111. The lowest BCUT2D eigenvalue weighted by atomic mass is 10.1. The summed E-state index contributed by atoms with van der Waals surface area (Å²) in [7, 11) is 0. The molecule has 0 atom stereocenters. The summed E-state index contributed by atoms with van der Waals surface area (Å²) in [5.74, 6) is -1.10. The van der Waals surface area contributed by atoms with Crippen LogP contribution in [0.25, 0.3) is 0 Å². The number of rotatable bonds is 2. The molecule has 66 valence electrons. The molecule has 0 N–H and O–H groups in total. The molecule has 0 aromatic heterocycles. The average Bonchev–Trinajstić information content (AvgIpc) is 2.22. The first-order valence-corrected chi connectivity index (χ1v) is 3.65. The molecule has 4 nitrogen and oxygen atoms in total. The first-order valence-electron chi connectivity index (χ1n) is 3.28.